The summed E-state index contributed by atoms with van der Waals surface area (Å²) in [5, 5.41) is 11.9. The lowest BCUT2D eigenvalue weighted by molar-refractivity contribution is -0.436. The largest absolute Gasteiger partial charge is 0.497 e. The number of benzene rings is 1. The third kappa shape index (κ3) is 3.83. The van der Waals surface area contributed by atoms with Gasteiger partial charge >= 0.3 is 0 Å². The molecular formula is C20H25NO8. The van der Waals surface area contributed by atoms with Gasteiger partial charge < -0.3 is 28.4 Å². The molecule has 9 heteroatoms. The number of methoxy groups -OCH3 is 1. The van der Waals surface area contributed by atoms with Crippen LogP contribution in [0.2, 0.25) is 0 Å². The molecule has 3 heterocycles. The summed E-state index contributed by atoms with van der Waals surface area (Å²) < 4.78 is 35.0. The van der Waals surface area contributed by atoms with E-state index in [0.717, 1.165) is 0 Å². The number of rotatable bonds is 4. The van der Waals surface area contributed by atoms with Crippen molar-refractivity contribution < 1.29 is 33.3 Å². The van der Waals surface area contributed by atoms with E-state index in [4.69, 9.17) is 28.4 Å². The SMILES string of the molecule is COc1ccc2c(c1)C=C([N+](=O)[O-])[C@@H]([C@@H]1OC(C)(C)O[C@H]1[C@H]1COC(C)(C)O1)O2. The molecule has 9 nitrogen and oxygen atoms in total. The van der Waals surface area contributed by atoms with Crippen molar-refractivity contribution in [2.45, 2.75) is 63.7 Å². The number of nitro groups is 1. The van der Waals surface area contributed by atoms with E-state index >= 15 is 0 Å². The van der Waals surface area contributed by atoms with Crippen molar-refractivity contribution in [3.63, 3.8) is 0 Å². The summed E-state index contributed by atoms with van der Waals surface area (Å²) in [7, 11) is 1.54. The molecule has 0 radical (unpaired) electrons. The molecule has 4 rings (SSSR count). The van der Waals surface area contributed by atoms with Crippen molar-refractivity contribution in [3.05, 3.63) is 39.6 Å². The fourth-order valence-corrected chi connectivity index (χ4v) is 3.92. The second-order valence-electron chi connectivity index (χ2n) is 8.20. The van der Waals surface area contributed by atoms with Gasteiger partial charge in [0.2, 0.25) is 6.10 Å². The minimum absolute atomic E-state index is 0.111. The highest BCUT2D eigenvalue weighted by atomic mass is 16.8. The van der Waals surface area contributed by atoms with Crippen LogP contribution in [0.5, 0.6) is 11.5 Å². The zero-order valence-corrected chi connectivity index (χ0v) is 17.0. The summed E-state index contributed by atoms with van der Waals surface area (Å²) >= 11 is 0. The van der Waals surface area contributed by atoms with E-state index in [2.05, 4.69) is 0 Å². The van der Waals surface area contributed by atoms with Crippen molar-refractivity contribution in [3.8, 4) is 11.5 Å². The third-order valence-corrected chi connectivity index (χ3v) is 5.14. The van der Waals surface area contributed by atoms with Gasteiger partial charge in [-0.25, -0.2) is 0 Å². The van der Waals surface area contributed by atoms with Crippen molar-refractivity contribution >= 4 is 6.08 Å². The highest BCUT2D eigenvalue weighted by Gasteiger charge is 2.56. The maximum Gasteiger partial charge on any atom is 0.290 e. The molecule has 0 bridgehead atoms. The van der Waals surface area contributed by atoms with Crippen LogP contribution in [0, 0.1) is 10.1 Å². The molecule has 0 unspecified atom stereocenters. The lowest BCUT2D eigenvalue weighted by Gasteiger charge is -2.30. The molecule has 2 saturated heterocycles. The first-order chi connectivity index (χ1) is 13.6. The Labute approximate surface area is 168 Å². The van der Waals surface area contributed by atoms with Crippen molar-refractivity contribution in [1.29, 1.82) is 0 Å². The predicted octanol–water partition coefficient (Wildman–Crippen LogP) is 2.75. The molecule has 2 fully saturated rings. The van der Waals surface area contributed by atoms with E-state index in [1.165, 1.54) is 13.2 Å². The minimum atomic E-state index is -0.968. The number of fused-ring (bicyclic) bond motifs is 1. The average Bonchev–Trinajstić information content (AvgIpc) is 3.18. The van der Waals surface area contributed by atoms with Gasteiger partial charge in [-0.15, -0.1) is 0 Å². The zero-order chi connectivity index (χ0) is 21.0. The van der Waals surface area contributed by atoms with Crippen LogP contribution in [-0.2, 0) is 18.9 Å². The zero-order valence-electron chi connectivity index (χ0n) is 17.0. The molecule has 0 amide bonds. The van der Waals surface area contributed by atoms with Gasteiger partial charge in [-0.3, -0.25) is 10.1 Å². The Morgan fingerprint density at radius 1 is 1.10 bits per heavy atom. The maximum atomic E-state index is 11.9. The van der Waals surface area contributed by atoms with E-state index in [-0.39, 0.29) is 5.70 Å². The summed E-state index contributed by atoms with van der Waals surface area (Å²) in [6, 6.07) is 5.16. The summed E-state index contributed by atoms with van der Waals surface area (Å²) in [6.45, 7) is 7.44. The van der Waals surface area contributed by atoms with Crippen LogP contribution in [0.25, 0.3) is 6.08 Å². The predicted molar refractivity (Wildman–Crippen MR) is 101 cm³/mol. The van der Waals surface area contributed by atoms with Crippen LogP contribution in [0.3, 0.4) is 0 Å². The fraction of sp³-hybridized carbons (Fsp3) is 0.600. The fourth-order valence-electron chi connectivity index (χ4n) is 3.92. The van der Waals surface area contributed by atoms with Crippen molar-refractivity contribution in [2.75, 3.05) is 13.7 Å². The molecule has 1 aromatic carbocycles. The standard InChI is InChI=1S/C20H25NO8/c1-19(2)25-10-15(27-19)17-18(29-20(3,4)28-17)16-13(21(22)23)9-11-8-12(24-5)6-7-14(11)26-16/h6-9,15-18H,10H2,1-5H3/t15-,16+,17+,18+/m1/s1. The van der Waals surface area contributed by atoms with Gasteiger partial charge in [0.1, 0.15) is 29.8 Å². The van der Waals surface area contributed by atoms with E-state index in [1.54, 1.807) is 32.0 Å². The Hall–Kier alpha value is -2.20. The molecule has 29 heavy (non-hydrogen) atoms. The van der Waals surface area contributed by atoms with Crippen LogP contribution >= 0.6 is 0 Å². The normalized spacial score (nSPS) is 32.2. The van der Waals surface area contributed by atoms with E-state index in [1.807, 2.05) is 13.8 Å². The van der Waals surface area contributed by atoms with Crippen LogP contribution in [0.15, 0.2) is 23.9 Å². The van der Waals surface area contributed by atoms with Crippen LogP contribution in [-0.4, -0.2) is 54.6 Å². The minimum Gasteiger partial charge on any atom is -0.497 e. The van der Waals surface area contributed by atoms with Gasteiger partial charge in [-0.2, -0.15) is 0 Å². The molecule has 3 aliphatic heterocycles. The third-order valence-electron chi connectivity index (χ3n) is 5.14. The maximum absolute atomic E-state index is 11.9. The first kappa shape index (κ1) is 20.1. The molecular weight excluding hydrogens is 382 g/mol. The summed E-state index contributed by atoms with van der Waals surface area (Å²) in [5.41, 5.74) is 0.462. The molecule has 4 atom stereocenters. The van der Waals surface area contributed by atoms with Crippen LogP contribution < -0.4 is 9.47 Å². The smallest absolute Gasteiger partial charge is 0.290 e. The van der Waals surface area contributed by atoms with Gasteiger partial charge in [0, 0.05) is 11.6 Å². The molecule has 0 aromatic heterocycles. The number of nitrogens with zero attached hydrogens (tertiary/aromatic N) is 1. The topological polar surface area (TPSA) is 98.5 Å². The summed E-state index contributed by atoms with van der Waals surface area (Å²) in [4.78, 5) is 11.4. The highest BCUT2D eigenvalue weighted by Crippen LogP contribution is 2.42. The van der Waals surface area contributed by atoms with E-state index in [0.29, 0.717) is 23.7 Å². The number of ether oxygens (including phenoxy) is 6. The molecule has 0 saturated carbocycles. The van der Waals surface area contributed by atoms with Gasteiger partial charge in [0.05, 0.1) is 18.6 Å². The first-order valence-corrected chi connectivity index (χ1v) is 9.47. The Morgan fingerprint density at radius 2 is 1.83 bits per heavy atom. The average molecular weight is 407 g/mol. The van der Waals surface area contributed by atoms with Crippen molar-refractivity contribution in [2.24, 2.45) is 0 Å². The molecule has 1 aromatic rings. The van der Waals surface area contributed by atoms with Gasteiger partial charge in [0.25, 0.3) is 5.70 Å². The Balaban J connectivity index is 1.68. The molecule has 158 valence electrons. The second-order valence-corrected chi connectivity index (χ2v) is 8.20. The molecule has 0 spiro atoms. The summed E-state index contributed by atoms with van der Waals surface area (Å²) in [6.07, 6.45) is -1.26. The van der Waals surface area contributed by atoms with Gasteiger partial charge in [-0.1, -0.05) is 0 Å². The second kappa shape index (κ2) is 6.94. The Morgan fingerprint density at radius 3 is 2.45 bits per heavy atom. The number of hydrogen-bond donors (Lipinski definition) is 0. The summed E-state index contributed by atoms with van der Waals surface area (Å²) in [5.74, 6) is -0.610. The van der Waals surface area contributed by atoms with E-state index < -0.39 is 40.9 Å². The van der Waals surface area contributed by atoms with Crippen LogP contribution in [0.1, 0.15) is 33.3 Å². The highest BCUT2D eigenvalue weighted by molar-refractivity contribution is 5.63. The van der Waals surface area contributed by atoms with Gasteiger partial charge in [-0.05, 0) is 45.9 Å². The first-order valence-electron chi connectivity index (χ1n) is 9.47. The lowest BCUT2D eigenvalue weighted by Crippen LogP contribution is -2.48. The quantitative estimate of drug-likeness (QED) is 0.555. The molecule has 0 aliphatic carbocycles. The van der Waals surface area contributed by atoms with Gasteiger partial charge in [0.15, 0.2) is 11.6 Å². The van der Waals surface area contributed by atoms with Crippen LogP contribution in [0.4, 0.5) is 0 Å². The van der Waals surface area contributed by atoms with E-state index in [9.17, 15) is 10.1 Å². The van der Waals surface area contributed by atoms with Crippen molar-refractivity contribution in [1.82, 2.24) is 0 Å². The molecule has 0 N–H and O–H groups in total. The Bertz CT molecular complexity index is 849. The Kier molecular flexibility index (Phi) is 4.81. The lowest BCUT2D eigenvalue weighted by atomic mass is 9.97. The number of hydrogen-bond acceptors (Lipinski definition) is 8. The molecule has 3 aliphatic rings. The monoisotopic (exact) mass is 407 g/mol.